The molecule has 0 aliphatic heterocycles. The van der Waals surface area contributed by atoms with E-state index in [1.807, 2.05) is 30.5 Å². The van der Waals surface area contributed by atoms with E-state index in [-0.39, 0.29) is 17.0 Å². The van der Waals surface area contributed by atoms with Gasteiger partial charge in [-0.1, -0.05) is 22.9 Å². The van der Waals surface area contributed by atoms with Crippen molar-refractivity contribution >= 4 is 66.6 Å². The first kappa shape index (κ1) is 14.8. The Balaban J connectivity index is 0.00000132. The second-order valence-electron chi connectivity index (χ2n) is 4.16. The number of methoxy groups -OCH3 is 1. The highest BCUT2D eigenvalue weighted by Gasteiger charge is 2.12. The molecule has 0 saturated heterocycles. The van der Waals surface area contributed by atoms with Crippen molar-refractivity contribution in [1.29, 1.82) is 0 Å². The molecule has 0 radical (unpaired) electrons. The van der Waals surface area contributed by atoms with Crippen molar-refractivity contribution in [3.8, 4) is 16.5 Å². The maximum Gasteiger partial charge on any atom is 0.214 e. The molecule has 0 fully saturated rings. The molecular weight excluding hydrogens is 394 g/mol. The number of imidazole rings is 1. The molecular formula is C13H9BrClN3OS2. The van der Waals surface area contributed by atoms with E-state index in [1.54, 1.807) is 18.4 Å². The van der Waals surface area contributed by atoms with Gasteiger partial charge in [-0.2, -0.15) is 0 Å². The third-order valence-electron chi connectivity index (χ3n) is 2.97. The Kier molecular flexibility index (Phi) is 3.92. The quantitative estimate of drug-likeness (QED) is 0.478. The minimum Gasteiger partial charge on any atom is -0.481 e. The maximum absolute atomic E-state index is 5.97. The van der Waals surface area contributed by atoms with Gasteiger partial charge in [-0.25, -0.2) is 9.97 Å². The first-order chi connectivity index (χ1) is 9.74. The monoisotopic (exact) mass is 401 g/mol. The van der Waals surface area contributed by atoms with Crippen LogP contribution in [0.2, 0.25) is 4.34 Å². The van der Waals surface area contributed by atoms with Gasteiger partial charge >= 0.3 is 0 Å². The van der Waals surface area contributed by atoms with E-state index in [1.165, 1.54) is 11.3 Å². The van der Waals surface area contributed by atoms with Gasteiger partial charge in [-0.3, -0.25) is 4.40 Å². The van der Waals surface area contributed by atoms with Crippen LogP contribution in [0.25, 0.3) is 25.9 Å². The summed E-state index contributed by atoms with van der Waals surface area (Å²) in [6, 6.07) is 7.73. The largest absolute Gasteiger partial charge is 0.481 e. The Morgan fingerprint density at radius 1 is 1.14 bits per heavy atom. The summed E-state index contributed by atoms with van der Waals surface area (Å²) in [6.07, 6.45) is 2.02. The van der Waals surface area contributed by atoms with Gasteiger partial charge in [0.05, 0.1) is 21.8 Å². The standard InChI is InChI=1S/C13H8ClN3OS2.BrH/c1-18-11-5-2-8-12(16-11)20-13-15-7(6-17(8)13)9-3-4-10(14)19-9;/h2-6H,1H3;1H. The predicted molar refractivity (Wildman–Crippen MR) is 93.6 cm³/mol. The average Bonchev–Trinajstić information content (AvgIpc) is 3.11. The number of thiophene rings is 1. The molecule has 0 aliphatic carbocycles. The van der Waals surface area contributed by atoms with Gasteiger partial charge < -0.3 is 4.74 Å². The van der Waals surface area contributed by atoms with Gasteiger partial charge in [-0.15, -0.1) is 28.3 Å². The van der Waals surface area contributed by atoms with Crippen molar-refractivity contribution in [2.75, 3.05) is 7.11 Å². The van der Waals surface area contributed by atoms with Gasteiger partial charge in [0.2, 0.25) is 5.88 Å². The highest BCUT2D eigenvalue weighted by atomic mass is 79.9. The summed E-state index contributed by atoms with van der Waals surface area (Å²) in [5.74, 6) is 0.618. The van der Waals surface area contributed by atoms with Crippen LogP contribution in [-0.2, 0) is 0 Å². The van der Waals surface area contributed by atoms with E-state index in [0.29, 0.717) is 5.88 Å². The van der Waals surface area contributed by atoms with Crippen molar-refractivity contribution in [3.05, 3.63) is 34.8 Å². The van der Waals surface area contributed by atoms with E-state index in [0.717, 1.165) is 30.2 Å². The number of hydrogen-bond donors (Lipinski definition) is 0. The van der Waals surface area contributed by atoms with Crippen molar-refractivity contribution < 1.29 is 4.74 Å². The van der Waals surface area contributed by atoms with Crippen LogP contribution in [0.5, 0.6) is 5.88 Å². The molecule has 4 rings (SSSR count). The lowest BCUT2D eigenvalue weighted by Gasteiger charge is -1.96. The Bertz CT molecular complexity index is 930. The average molecular weight is 403 g/mol. The number of rotatable bonds is 2. The molecule has 4 aromatic rings. The fourth-order valence-electron chi connectivity index (χ4n) is 2.05. The van der Waals surface area contributed by atoms with Crippen molar-refractivity contribution in [2.45, 2.75) is 0 Å². The van der Waals surface area contributed by atoms with Crippen LogP contribution in [0.1, 0.15) is 0 Å². The molecule has 0 aliphatic rings. The summed E-state index contributed by atoms with van der Waals surface area (Å²) in [4.78, 5) is 12.0. The number of nitrogens with zero attached hydrogens (tertiary/aromatic N) is 3. The summed E-state index contributed by atoms with van der Waals surface area (Å²) in [6.45, 7) is 0. The Labute approximate surface area is 143 Å². The second kappa shape index (κ2) is 5.57. The van der Waals surface area contributed by atoms with Crippen LogP contribution in [0.4, 0.5) is 0 Å². The lowest BCUT2D eigenvalue weighted by atomic mass is 10.4. The number of fused-ring (bicyclic) bond motifs is 3. The molecule has 0 saturated carbocycles. The minimum atomic E-state index is 0. The molecule has 4 nitrogen and oxygen atoms in total. The van der Waals surface area contributed by atoms with E-state index < -0.39 is 0 Å². The fourth-order valence-corrected chi connectivity index (χ4v) is 4.02. The van der Waals surface area contributed by atoms with E-state index >= 15 is 0 Å². The third kappa shape index (κ3) is 2.44. The lowest BCUT2D eigenvalue weighted by molar-refractivity contribution is 0.400. The first-order valence-corrected chi connectivity index (χ1v) is 7.84. The molecule has 108 valence electrons. The normalized spacial score (nSPS) is 11.0. The zero-order valence-corrected chi connectivity index (χ0v) is 14.8. The molecule has 0 unspecified atom stereocenters. The topological polar surface area (TPSA) is 39.4 Å². The Hall–Kier alpha value is -1.15. The molecule has 21 heavy (non-hydrogen) atoms. The van der Waals surface area contributed by atoms with E-state index in [4.69, 9.17) is 16.3 Å². The highest BCUT2D eigenvalue weighted by molar-refractivity contribution is 8.93. The van der Waals surface area contributed by atoms with Crippen LogP contribution in [0.3, 0.4) is 0 Å². The van der Waals surface area contributed by atoms with Crippen LogP contribution < -0.4 is 4.74 Å². The SMILES string of the molecule is Br.COc1ccc2c(n1)sc1nc(-c3ccc(Cl)s3)cn12. The number of hydrogen-bond acceptors (Lipinski definition) is 5. The molecule has 8 heteroatoms. The van der Waals surface area contributed by atoms with Crippen molar-refractivity contribution in [1.82, 2.24) is 14.4 Å². The number of ether oxygens (including phenoxy) is 1. The molecule has 0 amide bonds. The molecule has 0 bridgehead atoms. The predicted octanol–water partition coefficient (Wildman–Crippen LogP) is 4.91. The highest BCUT2D eigenvalue weighted by Crippen LogP contribution is 2.33. The minimum absolute atomic E-state index is 0. The van der Waals surface area contributed by atoms with Gasteiger partial charge in [0.15, 0.2) is 4.96 Å². The van der Waals surface area contributed by atoms with E-state index in [9.17, 15) is 0 Å². The summed E-state index contributed by atoms with van der Waals surface area (Å²) >= 11 is 9.05. The molecule has 0 N–H and O–H groups in total. The summed E-state index contributed by atoms with van der Waals surface area (Å²) in [5, 5.41) is 0. The van der Waals surface area contributed by atoms with Crippen LogP contribution >= 0.6 is 51.3 Å². The third-order valence-corrected chi connectivity index (χ3v) is 5.19. The first-order valence-electron chi connectivity index (χ1n) is 5.83. The van der Waals surface area contributed by atoms with Gasteiger partial charge in [0.25, 0.3) is 0 Å². The summed E-state index contributed by atoms with van der Waals surface area (Å²) < 4.78 is 7.97. The number of aromatic nitrogens is 3. The smallest absolute Gasteiger partial charge is 0.214 e. The zero-order chi connectivity index (χ0) is 13.7. The van der Waals surface area contributed by atoms with Crippen LogP contribution in [0.15, 0.2) is 30.5 Å². The maximum atomic E-state index is 5.97. The molecule has 0 spiro atoms. The fraction of sp³-hybridized carbons (Fsp3) is 0.0769. The second-order valence-corrected chi connectivity index (χ2v) is 6.83. The molecule has 0 atom stereocenters. The molecule has 0 aromatic carbocycles. The van der Waals surface area contributed by atoms with Gasteiger partial charge in [0.1, 0.15) is 10.5 Å². The van der Waals surface area contributed by atoms with Crippen LogP contribution in [-0.4, -0.2) is 21.5 Å². The molecule has 4 heterocycles. The summed E-state index contributed by atoms with van der Waals surface area (Å²) in [5.41, 5.74) is 1.97. The number of thiazole rings is 1. The Morgan fingerprint density at radius 3 is 2.71 bits per heavy atom. The number of pyridine rings is 1. The lowest BCUT2D eigenvalue weighted by Crippen LogP contribution is -1.86. The van der Waals surface area contributed by atoms with Gasteiger partial charge in [-0.05, 0) is 18.2 Å². The van der Waals surface area contributed by atoms with E-state index in [2.05, 4.69) is 14.4 Å². The van der Waals surface area contributed by atoms with Crippen LogP contribution in [0, 0.1) is 0 Å². The molecule has 4 aromatic heterocycles. The van der Waals surface area contributed by atoms with Crippen molar-refractivity contribution in [2.24, 2.45) is 0 Å². The summed E-state index contributed by atoms with van der Waals surface area (Å²) in [7, 11) is 1.62. The number of halogens is 2. The van der Waals surface area contributed by atoms with Gasteiger partial charge in [0, 0.05) is 12.3 Å². The zero-order valence-electron chi connectivity index (χ0n) is 10.7. The Morgan fingerprint density at radius 2 is 2.00 bits per heavy atom. The van der Waals surface area contributed by atoms with Crippen molar-refractivity contribution in [3.63, 3.8) is 0 Å².